The molecule has 11 heteroatoms. The molecule has 4 amide bonds. The van der Waals surface area contributed by atoms with Crippen molar-refractivity contribution in [1.82, 2.24) is 16.0 Å². The molecule has 0 aliphatic heterocycles. The third-order valence-electron chi connectivity index (χ3n) is 2.70. The number of hydrogen-bond acceptors (Lipinski definition) is 6. The van der Waals surface area contributed by atoms with Crippen LogP contribution in [0.15, 0.2) is 0 Å². The van der Waals surface area contributed by atoms with Gasteiger partial charge in [0.1, 0.15) is 12.1 Å². The van der Waals surface area contributed by atoms with E-state index in [9.17, 15) is 24.0 Å². The van der Waals surface area contributed by atoms with Crippen LogP contribution in [0.25, 0.3) is 0 Å². The van der Waals surface area contributed by atoms with Crippen LogP contribution in [0.3, 0.4) is 0 Å². The molecule has 0 saturated heterocycles. The molecule has 0 bridgehead atoms. The molecule has 0 rings (SSSR count). The fourth-order valence-electron chi connectivity index (χ4n) is 1.45. The lowest BCUT2D eigenvalue weighted by molar-refractivity contribution is -0.142. The molecule has 0 heterocycles. The standard InChI is InChI=1S/C12H21N5O6/c1-6(16-10(20)5-15-9(19)4-13)11(21)17-7(12(22)23)2-3-8(14)18/h6-7H,2-5,13H2,1H3,(H2,14,18)(H,15,19)(H,16,20)(H,17,21)(H,22,23). The molecule has 0 aliphatic carbocycles. The van der Waals surface area contributed by atoms with E-state index < -0.39 is 41.7 Å². The Hall–Kier alpha value is -2.69. The third-order valence-corrected chi connectivity index (χ3v) is 2.70. The van der Waals surface area contributed by atoms with Crippen LogP contribution < -0.4 is 27.4 Å². The van der Waals surface area contributed by atoms with Gasteiger partial charge in [-0.3, -0.25) is 19.2 Å². The summed E-state index contributed by atoms with van der Waals surface area (Å²) in [6.45, 7) is 0.701. The lowest BCUT2D eigenvalue weighted by atomic mass is 10.1. The number of amides is 4. The minimum atomic E-state index is -1.33. The van der Waals surface area contributed by atoms with Gasteiger partial charge in [0.05, 0.1) is 13.1 Å². The molecule has 0 radical (unpaired) electrons. The van der Waals surface area contributed by atoms with Crippen molar-refractivity contribution in [3.05, 3.63) is 0 Å². The number of nitrogens with one attached hydrogen (secondary N) is 3. The van der Waals surface area contributed by atoms with Gasteiger partial charge in [0.25, 0.3) is 0 Å². The SMILES string of the molecule is CC(NC(=O)CNC(=O)CN)C(=O)NC(CCC(N)=O)C(=O)O. The lowest BCUT2D eigenvalue weighted by Gasteiger charge is -2.18. The van der Waals surface area contributed by atoms with E-state index in [1.54, 1.807) is 0 Å². The Morgan fingerprint density at radius 3 is 2.17 bits per heavy atom. The van der Waals surface area contributed by atoms with Gasteiger partial charge in [-0.1, -0.05) is 0 Å². The van der Waals surface area contributed by atoms with E-state index in [4.69, 9.17) is 16.6 Å². The smallest absolute Gasteiger partial charge is 0.326 e. The zero-order valence-corrected chi connectivity index (χ0v) is 12.6. The third kappa shape index (κ3) is 9.03. The van der Waals surface area contributed by atoms with Crippen molar-refractivity contribution < 1.29 is 29.1 Å². The van der Waals surface area contributed by atoms with Crippen LogP contribution in [0.5, 0.6) is 0 Å². The summed E-state index contributed by atoms with van der Waals surface area (Å²) in [4.78, 5) is 55.8. The van der Waals surface area contributed by atoms with Crippen LogP contribution in [0.4, 0.5) is 0 Å². The Bertz CT molecular complexity index is 481. The first kappa shape index (κ1) is 20.3. The first-order valence-corrected chi connectivity index (χ1v) is 6.75. The molecule has 0 spiro atoms. The Labute approximate surface area is 132 Å². The van der Waals surface area contributed by atoms with Crippen molar-refractivity contribution >= 4 is 29.6 Å². The molecule has 0 aromatic carbocycles. The summed E-state index contributed by atoms with van der Waals surface area (Å²) >= 11 is 0. The van der Waals surface area contributed by atoms with Gasteiger partial charge in [-0.15, -0.1) is 0 Å². The normalized spacial score (nSPS) is 12.6. The van der Waals surface area contributed by atoms with E-state index in [-0.39, 0.29) is 25.9 Å². The summed E-state index contributed by atoms with van der Waals surface area (Å²) in [6, 6.07) is -2.33. The average molecular weight is 331 g/mol. The maximum atomic E-state index is 11.8. The van der Waals surface area contributed by atoms with E-state index in [0.29, 0.717) is 0 Å². The molecule has 0 fully saturated rings. The molecule has 0 saturated carbocycles. The summed E-state index contributed by atoms with van der Waals surface area (Å²) in [5, 5.41) is 15.6. The number of carboxylic acids is 1. The highest BCUT2D eigenvalue weighted by atomic mass is 16.4. The van der Waals surface area contributed by atoms with Gasteiger partial charge >= 0.3 is 5.97 Å². The van der Waals surface area contributed by atoms with Crippen LogP contribution in [-0.2, 0) is 24.0 Å². The number of carbonyl (C=O) groups excluding carboxylic acids is 4. The molecule has 23 heavy (non-hydrogen) atoms. The van der Waals surface area contributed by atoms with Gasteiger partial charge in [0.2, 0.25) is 23.6 Å². The van der Waals surface area contributed by atoms with Gasteiger partial charge in [-0.25, -0.2) is 4.79 Å². The number of carboxylic acid groups (broad SMARTS) is 1. The van der Waals surface area contributed by atoms with E-state index in [1.165, 1.54) is 6.92 Å². The monoisotopic (exact) mass is 331 g/mol. The number of primary amides is 1. The van der Waals surface area contributed by atoms with Crippen LogP contribution in [0, 0.1) is 0 Å². The molecule has 11 nitrogen and oxygen atoms in total. The van der Waals surface area contributed by atoms with Crippen molar-refractivity contribution in [2.75, 3.05) is 13.1 Å². The lowest BCUT2D eigenvalue weighted by Crippen LogP contribution is -2.52. The van der Waals surface area contributed by atoms with Crippen LogP contribution >= 0.6 is 0 Å². The van der Waals surface area contributed by atoms with E-state index >= 15 is 0 Å². The molecule has 8 N–H and O–H groups in total. The predicted molar refractivity (Wildman–Crippen MR) is 77.7 cm³/mol. The summed E-state index contributed by atoms with van der Waals surface area (Å²) in [7, 11) is 0. The summed E-state index contributed by atoms with van der Waals surface area (Å²) in [5.74, 6) is -3.94. The maximum Gasteiger partial charge on any atom is 0.326 e. The van der Waals surface area contributed by atoms with Crippen molar-refractivity contribution in [3.8, 4) is 0 Å². The van der Waals surface area contributed by atoms with Crippen LogP contribution in [0.2, 0.25) is 0 Å². The molecule has 0 aromatic rings. The number of rotatable bonds is 10. The van der Waals surface area contributed by atoms with Gasteiger partial charge < -0.3 is 32.5 Å². The Morgan fingerprint density at radius 1 is 1.09 bits per heavy atom. The van der Waals surface area contributed by atoms with Crippen molar-refractivity contribution in [2.24, 2.45) is 11.5 Å². The molecule has 2 atom stereocenters. The quantitative estimate of drug-likeness (QED) is 0.238. The fourth-order valence-corrected chi connectivity index (χ4v) is 1.45. The minimum Gasteiger partial charge on any atom is -0.480 e. The molecule has 0 aromatic heterocycles. The van der Waals surface area contributed by atoms with Crippen molar-refractivity contribution in [3.63, 3.8) is 0 Å². The predicted octanol–water partition coefficient (Wildman–Crippen LogP) is -3.60. The second-order valence-electron chi connectivity index (χ2n) is 4.67. The first-order valence-electron chi connectivity index (χ1n) is 6.75. The summed E-state index contributed by atoms with van der Waals surface area (Å²) < 4.78 is 0. The molecule has 2 unspecified atom stereocenters. The van der Waals surface area contributed by atoms with Crippen molar-refractivity contribution in [1.29, 1.82) is 0 Å². The van der Waals surface area contributed by atoms with Gasteiger partial charge in [0, 0.05) is 6.42 Å². The highest BCUT2D eigenvalue weighted by Crippen LogP contribution is 1.98. The number of nitrogens with two attached hydrogens (primary N) is 2. The summed E-state index contributed by atoms with van der Waals surface area (Å²) in [6.07, 6.45) is -0.368. The Kier molecular flexibility index (Phi) is 8.92. The zero-order chi connectivity index (χ0) is 18.0. The average Bonchev–Trinajstić information content (AvgIpc) is 2.47. The number of hydrogen-bond donors (Lipinski definition) is 6. The minimum absolute atomic E-state index is 0.163. The largest absolute Gasteiger partial charge is 0.480 e. The van der Waals surface area contributed by atoms with E-state index in [1.807, 2.05) is 0 Å². The van der Waals surface area contributed by atoms with Crippen LogP contribution in [-0.4, -0.2) is 59.9 Å². The van der Waals surface area contributed by atoms with Gasteiger partial charge in [-0.2, -0.15) is 0 Å². The van der Waals surface area contributed by atoms with E-state index in [2.05, 4.69) is 16.0 Å². The van der Waals surface area contributed by atoms with Gasteiger partial charge in [0.15, 0.2) is 0 Å². The maximum absolute atomic E-state index is 11.8. The number of aliphatic carboxylic acids is 1. The first-order chi connectivity index (χ1) is 10.7. The van der Waals surface area contributed by atoms with Crippen LogP contribution in [0.1, 0.15) is 19.8 Å². The second kappa shape index (κ2) is 10.1. The highest BCUT2D eigenvalue weighted by molar-refractivity contribution is 5.91. The molecular weight excluding hydrogens is 310 g/mol. The topological polar surface area (TPSA) is 194 Å². The molecule has 0 aliphatic rings. The Morgan fingerprint density at radius 2 is 1.70 bits per heavy atom. The second-order valence-corrected chi connectivity index (χ2v) is 4.67. The fraction of sp³-hybridized carbons (Fsp3) is 0.583. The van der Waals surface area contributed by atoms with Gasteiger partial charge in [-0.05, 0) is 13.3 Å². The Balaban J connectivity index is 4.39. The van der Waals surface area contributed by atoms with E-state index in [0.717, 1.165) is 0 Å². The highest BCUT2D eigenvalue weighted by Gasteiger charge is 2.24. The molecular formula is C12H21N5O6. The van der Waals surface area contributed by atoms with Crippen molar-refractivity contribution in [2.45, 2.75) is 31.8 Å². The number of carbonyl (C=O) groups is 5. The molecule has 130 valence electrons. The zero-order valence-electron chi connectivity index (χ0n) is 12.6. The summed E-state index contributed by atoms with van der Waals surface area (Å²) in [5.41, 5.74) is 9.97.